The monoisotopic (exact) mass is 306 g/mol. The van der Waals surface area contributed by atoms with Crippen LogP contribution in [0.5, 0.6) is 0 Å². The molecule has 1 aliphatic rings. The lowest BCUT2D eigenvalue weighted by molar-refractivity contribution is -0.135. The van der Waals surface area contributed by atoms with Gasteiger partial charge in [0.15, 0.2) is 0 Å². The molecular formula is C14H18N4O2S. The predicted octanol–water partition coefficient (Wildman–Crippen LogP) is 0.798. The summed E-state index contributed by atoms with van der Waals surface area (Å²) in [5.74, 6) is 0.971. The van der Waals surface area contributed by atoms with Gasteiger partial charge in [0.1, 0.15) is 10.5 Å². The number of hydrogen-bond donors (Lipinski definition) is 2. The van der Waals surface area contributed by atoms with E-state index in [-0.39, 0.29) is 17.4 Å². The highest BCUT2D eigenvalue weighted by atomic mass is 32.1. The lowest BCUT2D eigenvalue weighted by atomic mass is 9.97. The number of H-pyrrole nitrogens is 1. The summed E-state index contributed by atoms with van der Waals surface area (Å²) in [6, 6.07) is 1.82. The van der Waals surface area contributed by atoms with Crippen molar-refractivity contribution in [2.75, 3.05) is 20.1 Å². The zero-order valence-corrected chi connectivity index (χ0v) is 12.9. The SMILES string of the molecule is C[C@@H]1CNC[C@H]1C(=O)N(C)Cc1nc2ccsc2c(=O)[nH]1. The van der Waals surface area contributed by atoms with Gasteiger partial charge in [0.2, 0.25) is 5.91 Å². The average molecular weight is 306 g/mol. The van der Waals surface area contributed by atoms with E-state index in [0.717, 1.165) is 13.1 Å². The summed E-state index contributed by atoms with van der Waals surface area (Å²) in [7, 11) is 1.76. The number of aromatic amines is 1. The molecule has 21 heavy (non-hydrogen) atoms. The first kappa shape index (κ1) is 14.2. The molecular weight excluding hydrogens is 288 g/mol. The smallest absolute Gasteiger partial charge is 0.268 e. The number of fused-ring (bicyclic) bond motifs is 1. The Morgan fingerprint density at radius 2 is 2.33 bits per heavy atom. The van der Waals surface area contributed by atoms with Gasteiger partial charge in [-0.05, 0) is 23.9 Å². The minimum atomic E-state index is -0.137. The molecule has 3 heterocycles. The number of carbonyl (C=O) groups excluding carboxylic acids is 1. The highest BCUT2D eigenvalue weighted by Gasteiger charge is 2.31. The van der Waals surface area contributed by atoms with Gasteiger partial charge in [-0.3, -0.25) is 9.59 Å². The molecule has 0 unspecified atom stereocenters. The van der Waals surface area contributed by atoms with E-state index in [1.54, 1.807) is 11.9 Å². The zero-order valence-electron chi connectivity index (χ0n) is 12.0. The summed E-state index contributed by atoms with van der Waals surface area (Å²) in [5.41, 5.74) is 0.553. The average Bonchev–Trinajstić information content (AvgIpc) is 3.06. The van der Waals surface area contributed by atoms with Crippen molar-refractivity contribution in [2.24, 2.45) is 11.8 Å². The van der Waals surface area contributed by atoms with Gasteiger partial charge in [-0.2, -0.15) is 0 Å². The summed E-state index contributed by atoms with van der Waals surface area (Å²) < 4.78 is 0.626. The standard InChI is InChI=1S/C14H18N4O2S/c1-8-5-15-6-9(8)14(20)18(2)7-11-16-10-3-4-21-12(10)13(19)17-11/h3-4,8-9,15H,5-7H2,1-2H3,(H,16,17,19)/t8-,9-/m1/s1. The highest BCUT2D eigenvalue weighted by Crippen LogP contribution is 2.19. The van der Waals surface area contributed by atoms with Crippen LogP contribution >= 0.6 is 11.3 Å². The molecule has 0 bridgehead atoms. The Labute approximate surface area is 126 Å². The normalized spacial score (nSPS) is 21.8. The van der Waals surface area contributed by atoms with Crippen LogP contribution in [0.4, 0.5) is 0 Å². The van der Waals surface area contributed by atoms with Crippen molar-refractivity contribution in [1.29, 1.82) is 0 Å². The van der Waals surface area contributed by atoms with Crippen molar-refractivity contribution < 1.29 is 4.79 Å². The predicted molar refractivity (Wildman–Crippen MR) is 82.2 cm³/mol. The van der Waals surface area contributed by atoms with Crippen LogP contribution < -0.4 is 10.9 Å². The largest absolute Gasteiger partial charge is 0.338 e. The molecule has 0 spiro atoms. The highest BCUT2D eigenvalue weighted by molar-refractivity contribution is 7.17. The first-order valence-corrected chi connectivity index (χ1v) is 7.86. The Morgan fingerprint density at radius 1 is 1.52 bits per heavy atom. The number of nitrogens with one attached hydrogen (secondary N) is 2. The molecule has 0 radical (unpaired) electrons. The van der Waals surface area contributed by atoms with Crippen LogP contribution in [0.3, 0.4) is 0 Å². The second-order valence-corrected chi connectivity index (χ2v) is 6.50. The lowest BCUT2D eigenvalue weighted by Gasteiger charge is -2.22. The third kappa shape index (κ3) is 2.71. The van der Waals surface area contributed by atoms with Crippen molar-refractivity contribution in [2.45, 2.75) is 13.5 Å². The number of aromatic nitrogens is 2. The molecule has 1 amide bonds. The number of thiophene rings is 1. The van der Waals surface area contributed by atoms with E-state index in [9.17, 15) is 9.59 Å². The van der Waals surface area contributed by atoms with Gasteiger partial charge in [-0.15, -0.1) is 11.3 Å². The fraction of sp³-hybridized carbons (Fsp3) is 0.500. The van der Waals surface area contributed by atoms with Crippen LogP contribution in [0.25, 0.3) is 10.2 Å². The van der Waals surface area contributed by atoms with Crippen LogP contribution in [0.1, 0.15) is 12.7 Å². The third-order valence-electron chi connectivity index (χ3n) is 3.96. The number of carbonyl (C=O) groups is 1. The molecule has 1 aliphatic heterocycles. The number of rotatable bonds is 3. The Balaban J connectivity index is 1.78. The quantitative estimate of drug-likeness (QED) is 0.879. The fourth-order valence-corrected chi connectivity index (χ4v) is 3.45. The molecule has 112 valence electrons. The molecule has 7 heteroatoms. The lowest BCUT2D eigenvalue weighted by Crippen LogP contribution is -2.36. The van der Waals surface area contributed by atoms with E-state index in [0.29, 0.717) is 28.5 Å². The van der Waals surface area contributed by atoms with Gasteiger partial charge in [0, 0.05) is 13.6 Å². The number of amides is 1. The van der Waals surface area contributed by atoms with Crippen molar-refractivity contribution >= 4 is 27.5 Å². The maximum atomic E-state index is 12.4. The molecule has 0 saturated carbocycles. The minimum absolute atomic E-state index is 0.00611. The van der Waals surface area contributed by atoms with E-state index in [2.05, 4.69) is 22.2 Å². The summed E-state index contributed by atoms with van der Waals surface area (Å²) in [6.45, 7) is 4.00. The summed E-state index contributed by atoms with van der Waals surface area (Å²) in [5, 5.41) is 5.08. The molecule has 2 N–H and O–H groups in total. The molecule has 0 aliphatic carbocycles. The molecule has 0 aromatic carbocycles. The van der Waals surface area contributed by atoms with Gasteiger partial charge in [-0.1, -0.05) is 6.92 Å². The minimum Gasteiger partial charge on any atom is -0.338 e. The second-order valence-electron chi connectivity index (χ2n) is 5.58. The summed E-state index contributed by atoms with van der Waals surface area (Å²) in [6.07, 6.45) is 0. The first-order chi connectivity index (χ1) is 10.1. The van der Waals surface area contributed by atoms with E-state index >= 15 is 0 Å². The Kier molecular flexibility index (Phi) is 3.77. The molecule has 1 saturated heterocycles. The van der Waals surface area contributed by atoms with E-state index in [4.69, 9.17) is 0 Å². The van der Waals surface area contributed by atoms with Gasteiger partial charge >= 0.3 is 0 Å². The Bertz CT molecular complexity index is 723. The Hall–Kier alpha value is -1.73. The molecule has 2 atom stereocenters. The number of nitrogens with zero attached hydrogens (tertiary/aromatic N) is 2. The van der Waals surface area contributed by atoms with Crippen molar-refractivity contribution in [3.63, 3.8) is 0 Å². The van der Waals surface area contributed by atoms with Crippen LogP contribution in [-0.4, -0.2) is 40.9 Å². The maximum absolute atomic E-state index is 12.4. The van der Waals surface area contributed by atoms with E-state index in [1.807, 2.05) is 11.4 Å². The molecule has 2 aromatic rings. The molecule has 2 aromatic heterocycles. The van der Waals surface area contributed by atoms with Crippen LogP contribution in [-0.2, 0) is 11.3 Å². The van der Waals surface area contributed by atoms with Crippen molar-refractivity contribution in [3.8, 4) is 0 Å². The van der Waals surface area contributed by atoms with E-state index in [1.165, 1.54) is 11.3 Å². The van der Waals surface area contributed by atoms with Crippen LogP contribution in [0, 0.1) is 11.8 Å². The molecule has 3 rings (SSSR count). The third-order valence-corrected chi connectivity index (χ3v) is 4.86. The van der Waals surface area contributed by atoms with E-state index < -0.39 is 0 Å². The summed E-state index contributed by atoms with van der Waals surface area (Å²) in [4.78, 5) is 33.2. The van der Waals surface area contributed by atoms with Crippen molar-refractivity contribution in [3.05, 3.63) is 27.6 Å². The molecule has 1 fully saturated rings. The van der Waals surface area contributed by atoms with Crippen LogP contribution in [0.2, 0.25) is 0 Å². The van der Waals surface area contributed by atoms with Crippen LogP contribution in [0.15, 0.2) is 16.2 Å². The Morgan fingerprint density at radius 3 is 3.05 bits per heavy atom. The number of hydrogen-bond acceptors (Lipinski definition) is 5. The summed E-state index contributed by atoms with van der Waals surface area (Å²) >= 11 is 1.37. The zero-order chi connectivity index (χ0) is 15.0. The van der Waals surface area contributed by atoms with Gasteiger partial charge in [-0.25, -0.2) is 4.98 Å². The molecule has 6 nitrogen and oxygen atoms in total. The fourth-order valence-electron chi connectivity index (χ4n) is 2.72. The topological polar surface area (TPSA) is 78.1 Å². The first-order valence-electron chi connectivity index (χ1n) is 6.98. The maximum Gasteiger partial charge on any atom is 0.268 e. The van der Waals surface area contributed by atoms with Gasteiger partial charge < -0.3 is 15.2 Å². The second kappa shape index (κ2) is 5.57. The van der Waals surface area contributed by atoms with Gasteiger partial charge in [0.05, 0.1) is 18.0 Å². The van der Waals surface area contributed by atoms with Gasteiger partial charge in [0.25, 0.3) is 5.56 Å². The van der Waals surface area contributed by atoms with Crippen molar-refractivity contribution in [1.82, 2.24) is 20.2 Å².